The zero-order valence-corrected chi connectivity index (χ0v) is 26.8. The molecule has 1 saturated carbocycles. The van der Waals surface area contributed by atoms with Gasteiger partial charge in [0, 0.05) is 36.0 Å². The SMILES string of the molecule is COc1ncc(C2CCC2)cc1CO[C@H]1[C@H](C(C)(C)C)[C@@H](C(=O)O)N(C(=O)[C@@H]2CCCCO2)[C@H]1c1cccnc1OC(C)C. The van der Waals surface area contributed by atoms with E-state index in [4.69, 9.17) is 18.9 Å². The zero-order valence-electron chi connectivity index (χ0n) is 26.8. The van der Waals surface area contributed by atoms with Crippen molar-refractivity contribution in [1.82, 2.24) is 14.9 Å². The fourth-order valence-electron chi connectivity index (χ4n) is 6.92. The van der Waals surface area contributed by atoms with Crippen LogP contribution in [0.15, 0.2) is 30.6 Å². The van der Waals surface area contributed by atoms with Crippen LogP contribution in [0.2, 0.25) is 0 Å². The summed E-state index contributed by atoms with van der Waals surface area (Å²) in [5, 5.41) is 10.8. The van der Waals surface area contributed by atoms with Gasteiger partial charge in [-0.25, -0.2) is 14.8 Å². The maximum Gasteiger partial charge on any atom is 0.326 e. The van der Waals surface area contributed by atoms with E-state index in [0.29, 0.717) is 36.3 Å². The van der Waals surface area contributed by atoms with E-state index in [1.165, 1.54) is 11.3 Å². The van der Waals surface area contributed by atoms with Gasteiger partial charge >= 0.3 is 5.97 Å². The Labute approximate surface area is 260 Å². The van der Waals surface area contributed by atoms with Gasteiger partial charge in [-0.3, -0.25) is 4.79 Å². The Kier molecular flexibility index (Phi) is 9.80. The molecule has 3 fully saturated rings. The van der Waals surface area contributed by atoms with Crippen LogP contribution in [-0.4, -0.2) is 69.9 Å². The van der Waals surface area contributed by atoms with Crippen LogP contribution in [0.1, 0.15) is 102 Å². The Morgan fingerprint density at radius 1 is 1.11 bits per heavy atom. The molecule has 1 aliphatic carbocycles. The standard InChI is InChI=1S/C34H47N3O7/c1-20(2)44-31-24(13-10-15-35-31)27-29(43-19-23-17-22(21-11-9-12-21)18-36-30(23)41-6)26(34(3,4)5)28(33(39)40)37(27)32(38)25-14-7-8-16-42-25/h10,13,15,17-18,20-21,25-29H,7-9,11-12,14,16,19H2,1-6H3,(H,39,40)/t25-,26+,27-,28-,29-/m0/s1. The molecule has 10 heteroatoms. The third kappa shape index (κ3) is 6.56. The molecular weight excluding hydrogens is 562 g/mol. The van der Waals surface area contributed by atoms with E-state index in [1.54, 1.807) is 19.4 Å². The number of aromatic nitrogens is 2. The van der Waals surface area contributed by atoms with Gasteiger partial charge in [-0.15, -0.1) is 0 Å². The molecular formula is C34H47N3O7. The Bertz CT molecular complexity index is 1320. The third-order valence-electron chi connectivity index (χ3n) is 9.18. The fraction of sp³-hybridized carbons (Fsp3) is 0.647. The summed E-state index contributed by atoms with van der Waals surface area (Å²) >= 11 is 0. The first-order chi connectivity index (χ1) is 21.0. The second kappa shape index (κ2) is 13.4. The largest absolute Gasteiger partial charge is 0.481 e. The van der Waals surface area contributed by atoms with Crippen LogP contribution in [0.4, 0.5) is 0 Å². The molecule has 2 aromatic rings. The topological polar surface area (TPSA) is 120 Å². The highest BCUT2D eigenvalue weighted by atomic mass is 16.5. The van der Waals surface area contributed by atoms with Crippen LogP contribution >= 0.6 is 0 Å². The van der Waals surface area contributed by atoms with Gasteiger partial charge in [0.2, 0.25) is 11.8 Å². The number of carboxylic acid groups (broad SMARTS) is 1. The number of carbonyl (C=O) groups is 2. The minimum absolute atomic E-state index is 0.138. The van der Waals surface area contributed by atoms with Crippen molar-refractivity contribution >= 4 is 11.9 Å². The van der Waals surface area contributed by atoms with Crippen LogP contribution < -0.4 is 9.47 Å². The smallest absolute Gasteiger partial charge is 0.326 e. The monoisotopic (exact) mass is 609 g/mol. The van der Waals surface area contributed by atoms with Gasteiger partial charge in [-0.05, 0) is 81.0 Å². The number of rotatable bonds is 10. The maximum atomic E-state index is 14.4. The van der Waals surface area contributed by atoms with E-state index >= 15 is 0 Å². The molecule has 44 heavy (non-hydrogen) atoms. The van der Waals surface area contributed by atoms with E-state index in [2.05, 4.69) is 16.0 Å². The van der Waals surface area contributed by atoms with Crippen molar-refractivity contribution in [3.8, 4) is 11.8 Å². The normalized spacial score (nSPS) is 26.0. The molecule has 5 rings (SSSR count). The van der Waals surface area contributed by atoms with Crippen molar-refractivity contribution in [3.05, 3.63) is 47.3 Å². The molecule has 0 unspecified atom stereocenters. The number of aliphatic carboxylic acids is 1. The number of pyridine rings is 2. The molecule has 3 aliphatic rings. The van der Waals surface area contributed by atoms with Gasteiger partial charge in [0.25, 0.3) is 5.91 Å². The lowest BCUT2D eigenvalue weighted by Gasteiger charge is -2.35. The molecule has 0 bridgehead atoms. The van der Waals surface area contributed by atoms with Crippen molar-refractivity contribution in [2.24, 2.45) is 11.3 Å². The maximum absolute atomic E-state index is 14.4. The number of hydrogen-bond donors (Lipinski definition) is 1. The number of methoxy groups -OCH3 is 1. The second-order valence-electron chi connectivity index (χ2n) is 13.6. The molecule has 2 aliphatic heterocycles. The Balaban J connectivity index is 1.62. The number of carbonyl (C=O) groups excluding carboxylic acids is 1. The van der Waals surface area contributed by atoms with E-state index in [-0.39, 0.29) is 18.6 Å². The minimum atomic E-state index is -1.16. The summed E-state index contributed by atoms with van der Waals surface area (Å²) in [7, 11) is 1.58. The molecule has 1 amide bonds. The van der Waals surface area contributed by atoms with Crippen LogP contribution in [0.3, 0.4) is 0 Å². The molecule has 10 nitrogen and oxygen atoms in total. The molecule has 5 atom stereocenters. The molecule has 0 radical (unpaired) electrons. The predicted molar refractivity (Wildman–Crippen MR) is 164 cm³/mol. The van der Waals surface area contributed by atoms with Gasteiger partial charge in [0.15, 0.2) is 0 Å². The molecule has 0 spiro atoms. The first-order valence-corrected chi connectivity index (χ1v) is 15.9. The fourth-order valence-corrected chi connectivity index (χ4v) is 6.92. The number of likely N-dealkylation sites (tertiary alicyclic amines) is 1. The lowest BCUT2D eigenvalue weighted by Crippen LogP contribution is -2.51. The van der Waals surface area contributed by atoms with Crippen LogP contribution in [-0.2, 0) is 25.7 Å². The average Bonchev–Trinajstić information content (AvgIpc) is 3.31. The zero-order chi connectivity index (χ0) is 31.6. The van der Waals surface area contributed by atoms with Crippen LogP contribution in [0.25, 0.3) is 0 Å². The van der Waals surface area contributed by atoms with Gasteiger partial charge in [0.1, 0.15) is 12.1 Å². The summed E-state index contributed by atoms with van der Waals surface area (Å²) in [6.07, 6.45) is 7.62. The van der Waals surface area contributed by atoms with E-state index < -0.39 is 41.6 Å². The number of carboxylic acids is 1. The summed E-state index contributed by atoms with van der Waals surface area (Å²) in [4.78, 5) is 38.2. The minimum Gasteiger partial charge on any atom is -0.481 e. The second-order valence-corrected chi connectivity index (χ2v) is 13.6. The molecule has 4 heterocycles. The summed E-state index contributed by atoms with van der Waals surface area (Å²) in [6, 6.07) is 3.80. The van der Waals surface area contributed by atoms with Crippen molar-refractivity contribution in [3.63, 3.8) is 0 Å². The molecule has 1 N–H and O–H groups in total. The lowest BCUT2D eigenvalue weighted by atomic mass is 9.73. The van der Waals surface area contributed by atoms with Gasteiger partial charge in [0.05, 0.1) is 32.0 Å². The number of hydrogen-bond acceptors (Lipinski definition) is 8. The molecule has 2 saturated heterocycles. The van der Waals surface area contributed by atoms with Gasteiger partial charge in [-0.2, -0.15) is 0 Å². The summed E-state index contributed by atoms with van der Waals surface area (Å²) in [6.45, 7) is 10.4. The first-order valence-electron chi connectivity index (χ1n) is 15.9. The van der Waals surface area contributed by atoms with Gasteiger partial charge in [-0.1, -0.05) is 27.2 Å². The van der Waals surface area contributed by atoms with Crippen molar-refractivity contribution in [2.75, 3.05) is 13.7 Å². The van der Waals surface area contributed by atoms with E-state index in [0.717, 1.165) is 36.8 Å². The Morgan fingerprint density at radius 3 is 2.48 bits per heavy atom. The first kappa shape index (κ1) is 32.2. The third-order valence-corrected chi connectivity index (χ3v) is 9.18. The summed E-state index contributed by atoms with van der Waals surface area (Å²) in [5.74, 6) is -0.690. The quantitative estimate of drug-likeness (QED) is 0.362. The van der Waals surface area contributed by atoms with Crippen LogP contribution in [0, 0.1) is 11.3 Å². The Hall–Kier alpha value is -3.24. The molecule has 2 aromatic heterocycles. The highest BCUT2D eigenvalue weighted by Crippen LogP contribution is 2.51. The molecule has 240 valence electrons. The highest BCUT2D eigenvalue weighted by Gasteiger charge is 2.60. The molecule has 0 aromatic carbocycles. The van der Waals surface area contributed by atoms with E-state index in [9.17, 15) is 14.7 Å². The van der Waals surface area contributed by atoms with Crippen molar-refractivity contribution in [2.45, 2.75) is 116 Å². The van der Waals surface area contributed by atoms with Crippen molar-refractivity contribution < 1.29 is 33.6 Å². The average molecular weight is 610 g/mol. The van der Waals surface area contributed by atoms with Gasteiger partial charge < -0.3 is 29.0 Å². The lowest BCUT2D eigenvalue weighted by molar-refractivity contribution is -0.159. The Morgan fingerprint density at radius 2 is 1.89 bits per heavy atom. The number of amides is 1. The summed E-state index contributed by atoms with van der Waals surface area (Å²) in [5.41, 5.74) is 2.01. The summed E-state index contributed by atoms with van der Waals surface area (Å²) < 4.78 is 24.5. The predicted octanol–water partition coefficient (Wildman–Crippen LogP) is 5.69. The van der Waals surface area contributed by atoms with Crippen molar-refractivity contribution in [1.29, 1.82) is 0 Å². The van der Waals surface area contributed by atoms with Crippen LogP contribution in [0.5, 0.6) is 11.8 Å². The highest BCUT2D eigenvalue weighted by molar-refractivity contribution is 5.88. The number of nitrogens with zero attached hydrogens (tertiary/aromatic N) is 3. The number of ether oxygens (including phenoxy) is 4. The van der Waals surface area contributed by atoms with E-state index in [1.807, 2.05) is 46.9 Å².